The molecule has 1 aliphatic heterocycles. The SMILES string of the molecule is Fc1cc(Cl)ncc1-c1cc(N2CCOCC2)ccn1. The monoisotopic (exact) mass is 293 g/mol. The Morgan fingerprint density at radius 3 is 2.75 bits per heavy atom. The smallest absolute Gasteiger partial charge is 0.137 e. The van der Waals surface area contributed by atoms with E-state index in [0.717, 1.165) is 18.8 Å². The summed E-state index contributed by atoms with van der Waals surface area (Å²) in [6.07, 6.45) is 3.08. The van der Waals surface area contributed by atoms with Crippen molar-refractivity contribution in [2.24, 2.45) is 0 Å². The number of pyridine rings is 2. The molecule has 2 aromatic rings. The lowest BCUT2D eigenvalue weighted by molar-refractivity contribution is 0.122. The van der Waals surface area contributed by atoms with Gasteiger partial charge in [-0.25, -0.2) is 9.37 Å². The summed E-state index contributed by atoms with van der Waals surface area (Å²) < 4.78 is 19.2. The second-order valence-corrected chi connectivity index (χ2v) is 4.87. The van der Waals surface area contributed by atoms with Gasteiger partial charge in [0.05, 0.1) is 24.5 Å². The van der Waals surface area contributed by atoms with Gasteiger partial charge in [0.15, 0.2) is 0 Å². The van der Waals surface area contributed by atoms with E-state index in [0.29, 0.717) is 24.5 Å². The van der Waals surface area contributed by atoms with E-state index in [2.05, 4.69) is 14.9 Å². The van der Waals surface area contributed by atoms with E-state index in [-0.39, 0.29) is 5.15 Å². The lowest BCUT2D eigenvalue weighted by atomic mass is 10.1. The highest BCUT2D eigenvalue weighted by Crippen LogP contribution is 2.25. The Morgan fingerprint density at radius 1 is 1.20 bits per heavy atom. The lowest BCUT2D eigenvalue weighted by Crippen LogP contribution is -2.36. The van der Waals surface area contributed by atoms with Crippen LogP contribution in [0.25, 0.3) is 11.3 Å². The third-order valence-electron chi connectivity index (χ3n) is 3.22. The van der Waals surface area contributed by atoms with E-state index in [1.54, 1.807) is 6.20 Å². The maximum absolute atomic E-state index is 13.9. The first kappa shape index (κ1) is 13.3. The number of nitrogens with zero attached hydrogens (tertiary/aromatic N) is 3. The number of anilines is 1. The van der Waals surface area contributed by atoms with Gasteiger partial charge in [0.25, 0.3) is 0 Å². The Bertz CT molecular complexity index is 617. The zero-order chi connectivity index (χ0) is 13.9. The molecule has 6 heteroatoms. The summed E-state index contributed by atoms with van der Waals surface area (Å²) in [6, 6.07) is 4.97. The highest BCUT2D eigenvalue weighted by atomic mass is 35.5. The van der Waals surface area contributed by atoms with Crippen LogP contribution < -0.4 is 4.90 Å². The number of rotatable bonds is 2. The van der Waals surface area contributed by atoms with E-state index < -0.39 is 5.82 Å². The van der Waals surface area contributed by atoms with Crippen LogP contribution in [0.3, 0.4) is 0 Å². The van der Waals surface area contributed by atoms with Crippen molar-refractivity contribution in [2.75, 3.05) is 31.2 Å². The minimum absolute atomic E-state index is 0.135. The second kappa shape index (κ2) is 5.73. The normalized spacial score (nSPS) is 15.4. The van der Waals surface area contributed by atoms with Crippen molar-refractivity contribution in [1.82, 2.24) is 9.97 Å². The van der Waals surface area contributed by atoms with Gasteiger partial charge in [-0.2, -0.15) is 0 Å². The average Bonchev–Trinajstić information content (AvgIpc) is 2.48. The van der Waals surface area contributed by atoms with Crippen molar-refractivity contribution < 1.29 is 9.13 Å². The number of ether oxygens (including phenoxy) is 1. The molecule has 3 heterocycles. The first-order valence-corrected chi connectivity index (χ1v) is 6.72. The van der Waals surface area contributed by atoms with E-state index >= 15 is 0 Å². The fraction of sp³-hybridized carbons (Fsp3) is 0.286. The summed E-state index contributed by atoms with van der Waals surface area (Å²) >= 11 is 5.66. The highest BCUT2D eigenvalue weighted by molar-refractivity contribution is 6.29. The average molecular weight is 294 g/mol. The van der Waals surface area contributed by atoms with Crippen LogP contribution >= 0.6 is 11.6 Å². The van der Waals surface area contributed by atoms with Crippen LogP contribution in [0.2, 0.25) is 5.15 Å². The molecule has 0 N–H and O–H groups in total. The van der Waals surface area contributed by atoms with Gasteiger partial charge in [-0.1, -0.05) is 11.6 Å². The molecule has 1 saturated heterocycles. The Morgan fingerprint density at radius 2 is 2.00 bits per heavy atom. The summed E-state index contributed by atoms with van der Waals surface area (Å²) in [5.74, 6) is -0.420. The molecule has 0 unspecified atom stereocenters. The molecular weight excluding hydrogens is 281 g/mol. The fourth-order valence-corrected chi connectivity index (χ4v) is 2.33. The van der Waals surface area contributed by atoms with Crippen molar-refractivity contribution in [2.45, 2.75) is 0 Å². The van der Waals surface area contributed by atoms with Crippen LogP contribution in [0, 0.1) is 5.82 Å². The number of hydrogen-bond donors (Lipinski definition) is 0. The molecule has 20 heavy (non-hydrogen) atoms. The van der Waals surface area contributed by atoms with Crippen molar-refractivity contribution in [3.63, 3.8) is 0 Å². The molecule has 1 aliphatic rings. The van der Waals surface area contributed by atoms with Gasteiger partial charge in [-0.3, -0.25) is 4.98 Å². The minimum atomic E-state index is -0.420. The van der Waals surface area contributed by atoms with Gasteiger partial charge in [-0.05, 0) is 12.1 Å². The zero-order valence-electron chi connectivity index (χ0n) is 10.7. The molecule has 0 amide bonds. The molecule has 3 rings (SSSR count). The summed E-state index contributed by atoms with van der Waals surface area (Å²) in [4.78, 5) is 10.3. The van der Waals surface area contributed by atoms with Crippen molar-refractivity contribution in [3.05, 3.63) is 41.6 Å². The van der Waals surface area contributed by atoms with Crippen LogP contribution in [0.5, 0.6) is 0 Å². The number of morpholine rings is 1. The maximum Gasteiger partial charge on any atom is 0.137 e. The summed E-state index contributed by atoms with van der Waals surface area (Å²) in [7, 11) is 0. The van der Waals surface area contributed by atoms with Gasteiger partial charge in [0.2, 0.25) is 0 Å². The molecule has 0 aliphatic carbocycles. The van der Waals surface area contributed by atoms with Crippen molar-refractivity contribution >= 4 is 17.3 Å². The molecule has 0 radical (unpaired) electrons. The van der Waals surface area contributed by atoms with Gasteiger partial charge in [0, 0.05) is 37.2 Å². The molecule has 0 atom stereocenters. The molecule has 4 nitrogen and oxygen atoms in total. The number of hydrogen-bond acceptors (Lipinski definition) is 4. The first-order chi connectivity index (χ1) is 9.74. The molecule has 2 aromatic heterocycles. The Hall–Kier alpha value is -1.72. The molecule has 104 valence electrons. The number of aromatic nitrogens is 2. The number of halogens is 2. The van der Waals surface area contributed by atoms with Crippen LogP contribution in [0.15, 0.2) is 30.6 Å². The molecular formula is C14H13ClFN3O. The van der Waals surface area contributed by atoms with E-state index in [9.17, 15) is 4.39 Å². The predicted molar refractivity (Wildman–Crippen MR) is 75.5 cm³/mol. The summed E-state index contributed by atoms with van der Waals surface area (Å²) in [5, 5.41) is 0.135. The van der Waals surface area contributed by atoms with Crippen molar-refractivity contribution in [3.8, 4) is 11.3 Å². The molecule has 1 fully saturated rings. The largest absolute Gasteiger partial charge is 0.378 e. The lowest BCUT2D eigenvalue weighted by Gasteiger charge is -2.29. The third kappa shape index (κ3) is 2.73. The van der Waals surface area contributed by atoms with E-state index in [4.69, 9.17) is 16.3 Å². The van der Waals surface area contributed by atoms with Crippen molar-refractivity contribution in [1.29, 1.82) is 0 Å². The fourth-order valence-electron chi connectivity index (χ4n) is 2.18. The summed E-state index contributed by atoms with van der Waals surface area (Å²) in [6.45, 7) is 3.05. The van der Waals surface area contributed by atoms with Crippen LogP contribution in [-0.2, 0) is 4.74 Å². The molecule has 0 aromatic carbocycles. The first-order valence-electron chi connectivity index (χ1n) is 6.34. The molecule has 0 spiro atoms. The standard InChI is InChI=1S/C14H13ClFN3O/c15-14-8-12(16)11(9-18-14)13-7-10(1-2-17-13)19-3-5-20-6-4-19/h1-2,7-9H,3-6H2. The van der Waals surface area contributed by atoms with Gasteiger partial charge >= 0.3 is 0 Å². The van der Waals surface area contributed by atoms with Gasteiger partial charge < -0.3 is 9.64 Å². The second-order valence-electron chi connectivity index (χ2n) is 4.49. The predicted octanol–water partition coefficient (Wildman–Crippen LogP) is 2.77. The maximum atomic E-state index is 13.9. The molecule has 0 bridgehead atoms. The quantitative estimate of drug-likeness (QED) is 0.798. The zero-order valence-corrected chi connectivity index (χ0v) is 11.5. The highest BCUT2D eigenvalue weighted by Gasteiger charge is 2.14. The van der Waals surface area contributed by atoms with Crippen LogP contribution in [0.4, 0.5) is 10.1 Å². The van der Waals surface area contributed by atoms with E-state index in [1.807, 2.05) is 12.1 Å². The Kier molecular flexibility index (Phi) is 3.80. The molecule has 0 saturated carbocycles. The Labute approximate surface area is 121 Å². The Balaban J connectivity index is 1.94. The van der Waals surface area contributed by atoms with Crippen LogP contribution in [0.1, 0.15) is 0 Å². The van der Waals surface area contributed by atoms with Gasteiger partial charge in [0.1, 0.15) is 11.0 Å². The van der Waals surface area contributed by atoms with Crippen LogP contribution in [-0.4, -0.2) is 36.3 Å². The van der Waals surface area contributed by atoms with Gasteiger partial charge in [-0.15, -0.1) is 0 Å². The summed E-state index contributed by atoms with van der Waals surface area (Å²) in [5.41, 5.74) is 1.91. The van der Waals surface area contributed by atoms with E-state index in [1.165, 1.54) is 12.3 Å². The minimum Gasteiger partial charge on any atom is -0.378 e. The topological polar surface area (TPSA) is 38.2 Å². The third-order valence-corrected chi connectivity index (χ3v) is 3.42.